The Morgan fingerprint density at radius 3 is 3.08 bits per heavy atom. The van der Waals surface area contributed by atoms with Gasteiger partial charge in [0.25, 0.3) is 0 Å². The van der Waals surface area contributed by atoms with Crippen LogP contribution in [0.2, 0.25) is 5.02 Å². The molecule has 0 bridgehead atoms. The second-order valence-corrected chi connectivity index (χ2v) is 7.94. The number of aryl methyl sites for hydroxylation is 1. The summed E-state index contributed by atoms with van der Waals surface area (Å²) in [6.07, 6.45) is 2.75. The normalized spacial score (nSPS) is 16.4. The van der Waals surface area contributed by atoms with E-state index in [1.165, 1.54) is 4.90 Å². The molecule has 4 nitrogen and oxygen atoms in total. The molecule has 6 heteroatoms. The highest BCUT2D eigenvalue weighted by molar-refractivity contribution is 7.99. The smallest absolute Gasteiger partial charge is 0.220 e. The van der Waals surface area contributed by atoms with E-state index in [1.54, 1.807) is 0 Å². The fraction of sp³-hybridized carbons (Fsp3) is 0.300. The highest BCUT2D eigenvalue weighted by Crippen LogP contribution is 2.37. The van der Waals surface area contributed by atoms with Crippen LogP contribution in [0.3, 0.4) is 0 Å². The number of benzene rings is 2. The van der Waals surface area contributed by atoms with E-state index in [4.69, 9.17) is 16.0 Å². The topological polar surface area (TPSA) is 55.1 Å². The van der Waals surface area contributed by atoms with Gasteiger partial charge >= 0.3 is 0 Å². The molecule has 134 valence electrons. The SMILES string of the molecule is O=C(CCCc1nc2ccccc2o1)NC1CCSc2ccc(Cl)cc21. The van der Waals surface area contributed by atoms with Crippen LogP contribution in [0.25, 0.3) is 11.1 Å². The summed E-state index contributed by atoms with van der Waals surface area (Å²) >= 11 is 7.94. The summed E-state index contributed by atoms with van der Waals surface area (Å²) in [6, 6.07) is 13.6. The maximum absolute atomic E-state index is 12.4. The highest BCUT2D eigenvalue weighted by Gasteiger charge is 2.22. The minimum absolute atomic E-state index is 0.0433. The van der Waals surface area contributed by atoms with Gasteiger partial charge < -0.3 is 9.73 Å². The molecule has 1 aromatic heterocycles. The van der Waals surface area contributed by atoms with Crippen molar-refractivity contribution < 1.29 is 9.21 Å². The van der Waals surface area contributed by atoms with Gasteiger partial charge in [-0.2, -0.15) is 0 Å². The van der Waals surface area contributed by atoms with Crippen molar-refractivity contribution in [3.8, 4) is 0 Å². The number of thioether (sulfide) groups is 1. The first-order valence-corrected chi connectivity index (χ1v) is 10.1. The lowest BCUT2D eigenvalue weighted by Gasteiger charge is -2.26. The van der Waals surface area contributed by atoms with Crippen LogP contribution in [-0.4, -0.2) is 16.6 Å². The number of carbonyl (C=O) groups is 1. The minimum Gasteiger partial charge on any atom is -0.441 e. The van der Waals surface area contributed by atoms with Gasteiger partial charge in [-0.3, -0.25) is 4.79 Å². The summed E-state index contributed by atoms with van der Waals surface area (Å²) in [5.41, 5.74) is 2.78. The zero-order valence-corrected chi connectivity index (χ0v) is 15.8. The van der Waals surface area contributed by atoms with Crippen LogP contribution in [0.4, 0.5) is 0 Å². The number of amides is 1. The second-order valence-electron chi connectivity index (χ2n) is 6.37. The van der Waals surface area contributed by atoms with Crippen LogP contribution in [0.1, 0.15) is 36.8 Å². The van der Waals surface area contributed by atoms with Gasteiger partial charge in [0.05, 0.1) is 6.04 Å². The molecule has 1 atom stereocenters. The molecule has 0 saturated carbocycles. The van der Waals surface area contributed by atoms with E-state index in [2.05, 4.69) is 10.3 Å². The van der Waals surface area contributed by atoms with Crippen molar-refractivity contribution in [3.05, 3.63) is 58.9 Å². The standard InChI is InChI=1S/C20H19ClN2O2S/c21-13-8-9-18-14(12-13)15(10-11-26-18)22-19(24)6-3-7-20-23-16-4-1-2-5-17(16)25-20/h1-2,4-5,8-9,12,15H,3,6-7,10-11H2,(H,22,24). The Morgan fingerprint density at radius 2 is 2.19 bits per heavy atom. The molecule has 0 fully saturated rings. The molecule has 26 heavy (non-hydrogen) atoms. The Labute approximate surface area is 161 Å². The van der Waals surface area contributed by atoms with Gasteiger partial charge in [-0.1, -0.05) is 23.7 Å². The zero-order valence-electron chi connectivity index (χ0n) is 14.2. The molecule has 1 N–H and O–H groups in total. The second kappa shape index (κ2) is 7.72. The van der Waals surface area contributed by atoms with Gasteiger partial charge in [0, 0.05) is 28.5 Å². The van der Waals surface area contributed by atoms with E-state index in [0.29, 0.717) is 30.2 Å². The van der Waals surface area contributed by atoms with E-state index >= 15 is 0 Å². The molecular weight excluding hydrogens is 368 g/mol. The van der Waals surface area contributed by atoms with Crippen molar-refractivity contribution in [2.24, 2.45) is 0 Å². The quantitative estimate of drug-likeness (QED) is 0.658. The predicted octanol–water partition coefficient (Wildman–Crippen LogP) is 5.16. The number of halogens is 1. The molecule has 1 aliphatic heterocycles. The van der Waals surface area contributed by atoms with Gasteiger partial charge in [0.1, 0.15) is 5.52 Å². The van der Waals surface area contributed by atoms with Gasteiger partial charge in [-0.25, -0.2) is 4.98 Å². The maximum atomic E-state index is 12.4. The third-order valence-corrected chi connectivity index (χ3v) is 5.84. The first kappa shape index (κ1) is 17.4. The average molecular weight is 387 g/mol. The van der Waals surface area contributed by atoms with E-state index in [-0.39, 0.29) is 11.9 Å². The molecule has 2 heterocycles. The number of oxazole rings is 1. The Kier molecular flexibility index (Phi) is 5.18. The number of fused-ring (bicyclic) bond motifs is 2. The fourth-order valence-electron chi connectivity index (χ4n) is 3.21. The Bertz CT molecular complexity index is 907. The molecule has 0 aliphatic carbocycles. The number of carbonyl (C=O) groups excluding carboxylic acids is 1. The van der Waals surface area contributed by atoms with E-state index in [1.807, 2.05) is 54.2 Å². The Balaban J connectivity index is 1.33. The number of aromatic nitrogens is 1. The average Bonchev–Trinajstić information content (AvgIpc) is 3.05. The van der Waals surface area contributed by atoms with E-state index < -0.39 is 0 Å². The van der Waals surface area contributed by atoms with E-state index in [0.717, 1.165) is 28.8 Å². The van der Waals surface area contributed by atoms with Crippen molar-refractivity contribution in [2.45, 2.75) is 36.6 Å². The number of hydrogen-bond donors (Lipinski definition) is 1. The van der Waals surface area contributed by atoms with Crippen LogP contribution in [0, 0.1) is 0 Å². The lowest BCUT2D eigenvalue weighted by molar-refractivity contribution is -0.122. The van der Waals surface area contributed by atoms with Crippen LogP contribution >= 0.6 is 23.4 Å². The van der Waals surface area contributed by atoms with Gasteiger partial charge in [0.15, 0.2) is 11.5 Å². The van der Waals surface area contributed by atoms with Crippen molar-refractivity contribution in [1.29, 1.82) is 0 Å². The Hall–Kier alpha value is -1.98. The summed E-state index contributed by atoms with van der Waals surface area (Å²) in [5.74, 6) is 1.75. The summed E-state index contributed by atoms with van der Waals surface area (Å²) in [5, 5.41) is 3.86. The monoisotopic (exact) mass is 386 g/mol. The van der Waals surface area contributed by atoms with Crippen molar-refractivity contribution in [3.63, 3.8) is 0 Å². The van der Waals surface area contributed by atoms with Crippen molar-refractivity contribution in [1.82, 2.24) is 10.3 Å². The largest absolute Gasteiger partial charge is 0.441 e. The summed E-state index contributed by atoms with van der Waals surface area (Å²) in [7, 11) is 0. The minimum atomic E-state index is 0.0433. The first-order chi connectivity index (χ1) is 12.7. The van der Waals surface area contributed by atoms with Crippen molar-refractivity contribution in [2.75, 3.05) is 5.75 Å². The number of nitrogens with one attached hydrogen (secondary N) is 1. The number of rotatable bonds is 5. The lowest BCUT2D eigenvalue weighted by atomic mass is 10.0. The molecular formula is C20H19ClN2O2S. The van der Waals surface area contributed by atoms with Crippen LogP contribution in [0.5, 0.6) is 0 Å². The summed E-state index contributed by atoms with van der Waals surface area (Å²) in [6.45, 7) is 0. The third kappa shape index (κ3) is 3.89. The van der Waals surface area contributed by atoms with Gasteiger partial charge in [-0.15, -0.1) is 11.8 Å². The van der Waals surface area contributed by atoms with Crippen LogP contribution < -0.4 is 5.32 Å². The zero-order chi connectivity index (χ0) is 17.9. The van der Waals surface area contributed by atoms with Gasteiger partial charge in [-0.05, 0) is 48.7 Å². The summed E-state index contributed by atoms with van der Waals surface area (Å²) < 4.78 is 5.70. The molecule has 0 radical (unpaired) electrons. The van der Waals surface area contributed by atoms with Crippen LogP contribution in [-0.2, 0) is 11.2 Å². The molecule has 0 spiro atoms. The lowest BCUT2D eigenvalue weighted by Crippen LogP contribution is -2.30. The Morgan fingerprint density at radius 1 is 1.31 bits per heavy atom. The first-order valence-electron chi connectivity index (χ1n) is 8.75. The van der Waals surface area contributed by atoms with Crippen LogP contribution in [0.15, 0.2) is 51.8 Å². The molecule has 4 rings (SSSR count). The fourth-order valence-corrected chi connectivity index (χ4v) is 4.49. The third-order valence-electron chi connectivity index (χ3n) is 4.48. The highest BCUT2D eigenvalue weighted by atomic mass is 35.5. The molecule has 1 unspecified atom stereocenters. The molecule has 3 aromatic rings. The number of para-hydroxylation sites is 2. The summed E-state index contributed by atoms with van der Waals surface area (Å²) in [4.78, 5) is 18.0. The molecule has 2 aromatic carbocycles. The molecule has 0 saturated heterocycles. The van der Waals surface area contributed by atoms with Gasteiger partial charge in [0.2, 0.25) is 5.91 Å². The number of hydrogen-bond acceptors (Lipinski definition) is 4. The molecule has 1 amide bonds. The molecule has 1 aliphatic rings. The predicted molar refractivity (Wildman–Crippen MR) is 105 cm³/mol. The van der Waals surface area contributed by atoms with E-state index in [9.17, 15) is 4.79 Å². The number of nitrogens with zero attached hydrogens (tertiary/aromatic N) is 1. The van der Waals surface area contributed by atoms with Crippen molar-refractivity contribution >= 4 is 40.4 Å². The maximum Gasteiger partial charge on any atom is 0.220 e.